The van der Waals surface area contributed by atoms with E-state index in [4.69, 9.17) is 0 Å². The Morgan fingerprint density at radius 2 is 1.00 bits per heavy atom. The highest BCUT2D eigenvalue weighted by Gasteiger charge is 2.14. The van der Waals surface area contributed by atoms with Crippen LogP contribution in [0, 0.1) is 35.5 Å². The van der Waals surface area contributed by atoms with Crippen molar-refractivity contribution in [3.8, 4) is 23.7 Å². The second-order valence-electron chi connectivity index (χ2n) is 6.69. The molecule has 0 saturated carbocycles. The average Bonchev–Trinajstić information content (AvgIpc) is 2.60. The lowest BCUT2D eigenvalue weighted by Gasteiger charge is -2.18. The summed E-state index contributed by atoms with van der Waals surface area (Å²) in [5.41, 5.74) is 5.19. The second kappa shape index (κ2) is 11.0. The molecule has 0 spiro atoms. The molecule has 1 rings (SSSR count). The Bertz CT molecular complexity index is 562. The largest absolute Gasteiger partial charge is 0.101 e. The molecule has 0 amide bonds. The lowest BCUT2D eigenvalue weighted by Crippen LogP contribution is -2.08. The van der Waals surface area contributed by atoms with E-state index in [9.17, 15) is 0 Å². The summed E-state index contributed by atoms with van der Waals surface area (Å²) in [5.74, 6) is 14.4. The molecule has 1 aromatic carbocycles. The molecule has 0 nitrogen and oxygen atoms in total. The van der Waals surface area contributed by atoms with Crippen molar-refractivity contribution in [1.29, 1.82) is 0 Å². The van der Waals surface area contributed by atoms with Gasteiger partial charge in [-0.25, -0.2) is 0 Å². The normalized spacial score (nSPS) is 10.3. The van der Waals surface area contributed by atoms with Crippen LogP contribution < -0.4 is 0 Å². The highest BCUT2D eigenvalue weighted by Crippen LogP contribution is 2.25. The van der Waals surface area contributed by atoms with Gasteiger partial charge >= 0.3 is 0 Å². The van der Waals surface area contributed by atoms with Gasteiger partial charge in [0.05, 0.1) is 0 Å². The summed E-state index contributed by atoms with van der Waals surface area (Å²) in [6.07, 6.45) is 7.11. The Kier molecular flexibility index (Phi) is 9.34. The maximum absolute atomic E-state index is 3.35. The van der Waals surface area contributed by atoms with Gasteiger partial charge < -0.3 is 0 Å². The quantitative estimate of drug-likeness (QED) is 0.487. The summed E-state index contributed by atoms with van der Waals surface area (Å²) >= 11 is 0. The number of rotatable bonds is 8. The number of benzene rings is 1. The minimum atomic E-state index is 0.731. The van der Waals surface area contributed by atoms with Crippen molar-refractivity contribution in [3.63, 3.8) is 0 Å². The highest BCUT2D eigenvalue weighted by molar-refractivity contribution is 5.52. The van der Waals surface area contributed by atoms with Crippen LogP contribution in [-0.4, -0.2) is 0 Å². The van der Waals surface area contributed by atoms with Crippen LogP contribution in [0.15, 0.2) is 12.1 Å². The van der Waals surface area contributed by atoms with Crippen LogP contribution in [0.25, 0.3) is 0 Å². The van der Waals surface area contributed by atoms with E-state index in [1.165, 1.54) is 47.9 Å². The van der Waals surface area contributed by atoms with E-state index in [2.05, 4.69) is 63.5 Å². The standard InChI is InChI=1S/C24H34/c1-7-13-21-17-24(16-20(11-5)12-6)22(14-8-2)18-23(21)15-19(9-3)10-4/h17-20H,9-12,15-16H2,1-6H3. The molecule has 0 radical (unpaired) electrons. The van der Waals surface area contributed by atoms with Gasteiger partial charge in [-0.3, -0.25) is 0 Å². The molecule has 0 aliphatic carbocycles. The summed E-state index contributed by atoms with van der Waals surface area (Å²) in [6.45, 7) is 13.0. The van der Waals surface area contributed by atoms with Gasteiger partial charge in [0.15, 0.2) is 0 Å². The first kappa shape index (κ1) is 20.4. The number of hydrogen-bond donors (Lipinski definition) is 0. The third kappa shape index (κ3) is 5.76. The van der Waals surface area contributed by atoms with E-state index in [0.717, 1.165) is 24.7 Å². The minimum Gasteiger partial charge on any atom is -0.101 e. The van der Waals surface area contributed by atoms with E-state index < -0.39 is 0 Å². The third-order valence-electron chi connectivity index (χ3n) is 5.17. The van der Waals surface area contributed by atoms with Gasteiger partial charge in [0.2, 0.25) is 0 Å². The average molecular weight is 323 g/mol. The van der Waals surface area contributed by atoms with Crippen LogP contribution in [0.5, 0.6) is 0 Å². The van der Waals surface area contributed by atoms with Gasteiger partial charge in [0.25, 0.3) is 0 Å². The molecule has 0 saturated heterocycles. The highest BCUT2D eigenvalue weighted by atomic mass is 14.2. The number of hydrogen-bond acceptors (Lipinski definition) is 0. The molecule has 0 bridgehead atoms. The van der Waals surface area contributed by atoms with Crippen molar-refractivity contribution in [3.05, 3.63) is 34.4 Å². The fourth-order valence-corrected chi connectivity index (χ4v) is 3.31. The Morgan fingerprint density at radius 1 is 0.667 bits per heavy atom. The molecule has 0 fully saturated rings. The van der Waals surface area contributed by atoms with E-state index in [0.29, 0.717) is 0 Å². The predicted octanol–water partition coefficient (Wildman–Crippen LogP) is 6.39. The molecular weight excluding hydrogens is 288 g/mol. The van der Waals surface area contributed by atoms with Crippen LogP contribution >= 0.6 is 0 Å². The summed E-state index contributed by atoms with van der Waals surface area (Å²) in [6, 6.07) is 4.65. The van der Waals surface area contributed by atoms with Gasteiger partial charge in [-0.1, -0.05) is 65.2 Å². The van der Waals surface area contributed by atoms with Crippen LogP contribution in [0.2, 0.25) is 0 Å². The molecule has 0 heteroatoms. The van der Waals surface area contributed by atoms with Crippen molar-refractivity contribution < 1.29 is 0 Å². The minimum absolute atomic E-state index is 0.731. The Morgan fingerprint density at radius 3 is 1.25 bits per heavy atom. The third-order valence-corrected chi connectivity index (χ3v) is 5.17. The van der Waals surface area contributed by atoms with Gasteiger partial charge in [-0.05, 0) is 61.8 Å². The van der Waals surface area contributed by atoms with E-state index >= 15 is 0 Å². The van der Waals surface area contributed by atoms with E-state index in [-0.39, 0.29) is 0 Å². The molecule has 0 heterocycles. The molecule has 0 N–H and O–H groups in total. The topological polar surface area (TPSA) is 0 Å². The van der Waals surface area contributed by atoms with Crippen LogP contribution in [-0.2, 0) is 12.8 Å². The zero-order valence-corrected chi connectivity index (χ0v) is 16.6. The SMILES string of the molecule is CC#Cc1cc(CC(CC)CC)c(C#CC)cc1CC(CC)CC. The molecule has 0 atom stereocenters. The first-order valence-corrected chi connectivity index (χ1v) is 9.64. The molecule has 0 aliphatic heterocycles. The van der Waals surface area contributed by atoms with Crippen molar-refractivity contribution in [2.24, 2.45) is 11.8 Å². The molecule has 0 aromatic heterocycles. The lowest BCUT2D eigenvalue weighted by molar-refractivity contribution is 0.486. The second-order valence-corrected chi connectivity index (χ2v) is 6.69. The van der Waals surface area contributed by atoms with E-state index in [1.807, 2.05) is 13.8 Å². The van der Waals surface area contributed by atoms with Crippen LogP contribution in [0.1, 0.15) is 89.5 Å². The zero-order chi connectivity index (χ0) is 17.9. The molecule has 130 valence electrons. The van der Waals surface area contributed by atoms with Crippen molar-refractivity contribution in [1.82, 2.24) is 0 Å². The summed E-state index contributed by atoms with van der Waals surface area (Å²) in [4.78, 5) is 0. The smallest absolute Gasteiger partial charge is 0.0280 e. The Labute approximate surface area is 150 Å². The van der Waals surface area contributed by atoms with E-state index in [1.54, 1.807) is 0 Å². The summed E-state index contributed by atoms with van der Waals surface area (Å²) in [5, 5.41) is 0. The molecular formula is C24H34. The zero-order valence-electron chi connectivity index (χ0n) is 16.6. The molecule has 0 unspecified atom stereocenters. The lowest BCUT2D eigenvalue weighted by atomic mass is 9.86. The Hall–Kier alpha value is -1.66. The Balaban J connectivity index is 3.35. The van der Waals surface area contributed by atoms with Gasteiger partial charge in [-0.2, -0.15) is 0 Å². The monoisotopic (exact) mass is 322 g/mol. The molecule has 24 heavy (non-hydrogen) atoms. The first-order valence-electron chi connectivity index (χ1n) is 9.64. The molecule has 1 aromatic rings. The fraction of sp³-hybridized carbons (Fsp3) is 0.583. The van der Waals surface area contributed by atoms with Gasteiger partial charge in [0, 0.05) is 11.1 Å². The maximum atomic E-state index is 3.35. The van der Waals surface area contributed by atoms with Crippen molar-refractivity contribution >= 4 is 0 Å². The van der Waals surface area contributed by atoms with Crippen LogP contribution in [0.4, 0.5) is 0 Å². The summed E-state index contributed by atoms with van der Waals surface area (Å²) < 4.78 is 0. The summed E-state index contributed by atoms with van der Waals surface area (Å²) in [7, 11) is 0. The van der Waals surface area contributed by atoms with Crippen molar-refractivity contribution in [2.75, 3.05) is 0 Å². The maximum Gasteiger partial charge on any atom is 0.0280 e. The van der Waals surface area contributed by atoms with Crippen LogP contribution in [0.3, 0.4) is 0 Å². The first-order chi connectivity index (χ1) is 11.6. The fourth-order valence-electron chi connectivity index (χ4n) is 3.31. The predicted molar refractivity (Wildman–Crippen MR) is 107 cm³/mol. The van der Waals surface area contributed by atoms with Crippen molar-refractivity contribution in [2.45, 2.75) is 80.1 Å². The molecule has 0 aliphatic rings. The van der Waals surface area contributed by atoms with Gasteiger partial charge in [-0.15, -0.1) is 11.8 Å². The van der Waals surface area contributed by atoms with Gasteiger partial charge in [0.1, 0.15) is 0 Å².